The van der Waals surface area contributed by atoms with Gasteiger partial charge in [0.05, 0.1) is 0 Å². The van der Waals surface area contributed by atoms with Gasteiger partial charge in [-0.15, -0.1) is 4.52 Å². The van der Waals surface area contributed by atoms with Gasteiger partial charge in [0, 0.05) is 11.1 Å². The van der Waals surface area contributed by atoms with Crippen molar-refractivity contribution in [3.63, 3.8) is 0 Å². The van der Waals surface area contributed by atoms with Crippen molar-refractivity contribution in [2.24, 2.45) is 11.0 Å². The first-order valence-electron chi connectivity index (χ1n) is 13.8. The average Bonchev–Trinajstić information content (AvgIpc) is 3.26. The Morgan fingerprint density at radius 2 is 1.87 bits per heavy atom. The Morgan fingerprint density at radius 3 is 2.49 bits per heavy atom. The van der Waals surface area contributed by atoms with Crippen molar-refractivity contribution < 1.29 is 38.4 Å². The zero-order valence-corrected chi connectivity index (χ0v) is 25.3. The zero-order valence-electron chi connectivity index (χ0n) is 24.4. The van der Waals surface area contributed by atoms with Crippen LogP contribution in [0, 0.1) is 5.92 Å². The Hall–Kier alpha value is -4.40. The number of esters is 1. The number of carbonyl (C=O) groups excluding carboxylic acids is 1. The summed E-state index contributed by atoms with van der Waals surface area (Å²) < 4.78 is 31.4. The first-order valence-corrected chi connectivity index (χ1v) is 15.0. The molecule has 4 rings (SSSR count). The third-order valence-corrected chi connectivity index (χ3v) is 7.72. The van der Waals surface area contributed by atoms with Crippen molar-refractivity contribution in [1.29, 1.82) is 0 Å². The van der Waals surface area contributed by atoms with E-state index in [1.807, 2.05) is 19.9 Å². The predicted octanol–water partition coefficient (Wildman–Crippen LogP) is 3.21. The number of azide groups is 1. The molecule has 0 aliphatic carbocycles. The van der Waals surface area contributed by atoms with E-state index in [1.54, 1.807) is 54.6 Å². The van der Waals surface area contributed by atoms with Crippen LogP contribution in [0.1, 0.15) is 32.1 Å². The highest BCUT2D eigenvalue weighted by atomic mass is 31.1. The van der Waals surface area contributed by atoms with Gasteiger partial charge in [0.2, 0.25) is 5.72 Å². The number of para-hydroxylation sites is 1. The van der Waals surface area contributed by atoms with Crippen molar-refractivity contribution in [2.75, 3.05) is 12.3 Å². The summed E-state index contributed by atoms with van der Waals surface area (Å²) in [4.78, 5) is 38.8. The summed E-state index contributed by atoms with van der Waals surface area (Å²) in [5.41, 5.74) is 12.3. The van der Waals surface area contributed by atoms with Crippen molar-refractivity contribution in [3.8, 4) is 5.75 Å². The third-order valence-electron chi connectivity index (χ3n) is 6.68. The van der Waals surface area contributed by atoms with Gasteiger partial charge < -0.3 is 30.3 Å². The maximum atomic E-state index is 13.8. The molecule has 2 aromatic carbocycles. The van der Waals surface area contributed by atoms with E-state index in [9.17, 15) is 29.9 Å². The minimum atomic E-state index is -3.10. The van der Waals surface area contributed by atoms with E-state index in [1.165, 1.54) is 12.3 Å². The summed E-state index contributed by atoms with van der Waals surface area (Å²) in [7, 11) is -3.10. The van der Waals surface area contributed by atoms with Crippen LogP contribution < -0.4 is 16.3 Å². The van der Waals surface area contributed by atoms with Crippen LogP contribution in [0.5, 0.6) is 5.75 Å². The lowest BCUT2D eigenvalue weighted by Crippen LogP contribution is -2.45. The first-order chi connectivity index (χ1) is 21.5. The molecule has 6 atom stereocenters. The summed E-state index contributed by atoms with van der Waals surface area (Å²) in [5.74, 6) is -0.714. The summed E-state index contributed by atoms with van der Waals surface area (Å²) in [6.07, 6.45) is -4.02. The van der Waals surface area contributed by atoms with E-state index in [-0.39, 0.29) is 30.5 Å². The van der Waals surface area contributed by atoms with Crippen molar-refractivity contribution in [3.05, 3.63) is 99.4 Å². The Balaban J connectivity index is 1.60. The molecular formula is C28H33N7O9P+. The van der Waals surface area contributed by atoms with Gasteiger partial charge in [-0.05, 0) is 46.2 Å². The van der Waals surface area contributed by atoms with Crippen LogP contribution in [0.3, 0.4) is 0 Å². The quantitative estimate of drug-likeness (QED) is 0.0576. The number of hydrogen-bond donors (Lipinski definition) is 3. The zero-order chi connectivity index (χ0) is 32.6. The lowest BCUT2D eigenvalue weighted by Gasteiger charge is -2.25. The lowest BCUT2D eigenvalue weighted by molar-refractivity contribution is -0.159. The minimum absolute atomic E-state index is 0.0518. The molecule has 0 bridgehead atoms. The second-order valence-electron chi connectivity index (χ2n) is 10.5. The number of benzene rings is 2. The summed E-state index contributed by atoms with van der Waals surface area (Å²) in [6.45, 7) is 2.76. The maximum Gasteiger partial charge on any atom is 0.653 e. The fraction of sp³-hybridized carbons (Fsp3) is 0.393. The number of anilines is 1. The van der Waals surface area contributed by atoms with Crippen LogP contribution in [0.15, 0.2) is 82.8 Å². The smallest absolute Gasteiger partial charge is 0.459 e. The van der Waals surface area contributed by atoms with E-state index in [4.69, 9.17) is 24.6 Å². The van der Waals surface area contributed by atoms with Gasteiger partial charge in [0.15, 0.2) is 18.0 Å². The molecule has 1 aliphatic rings. The van der Waals surface area contributed by atoms with Gasteiger partial charge in [-0.25, -0.2) is 4.79 Å². The van der Waals surface area contributed by atoms with Crippen LogP contribution in [0.2, 0.25) is 0 Å². The van der Waals surface area contributed by atoms with E-state index >= 15 is 0 Å². The molecule has 0 radical (unpaired) electrons. The summed E-state index contributed by atoms with van der Waals surface area (Å²) in [5, 5.41) is 25.2. The second-order valence-corrected chi connectivity index (χ2v) is 11.6. The summed E-state index contributed by atoms with van der Waals surface area (Å²) in [6, 6.07) is 17.2. The van der Waals surface area contributed by atoms with Crippen LogP contribution in [0.4, 0.5) is 5.82 Å². The van der Waals surface area contributed by atoms with E-state index in [0.717, 1.165) is 15.0 Å². The van der Waals surface area contributed by atoms with Crippen molar-refractivity contribution >= 4 is 20.0 Å². The monoisotopic (exact) mass is 642 g/mol. The van der Waals surface area contributed by atoms with E-state index in [2.05, 4.69) is 15.0 Å². The maximum absolute atomic E-state index is 13.8. The molecule has 1 fully saturated rings. The number of carbonyl (C=O) groups is 1. The summed E-state index contributed by atoms with van der Waals surface area (Å²) >= 11 is 0. The van der Waals surface area contributed by atoms with Crippen molar-refractivity contribution in [2.45, 2.75) is 57.1 Å². The normalized spacial score (nSPS) is 22.1. The molecule has 1 saturated heterocycles. The predicted molar refractivity (Wildman–Crippen MR) is 159 cm³/mol. The molecule has 0 saturated carbocycles. The number of aromatic nitrogens is 2. The van der Waals surface area contributed by atoms with Crippen molar-refractivity contribution in [1.82, 2.24) is 14.4 Å². The van der Waals surface area contributed by atoms with Gasteiger partial charge in [0.1, 0.15) is 36.1 Å². The Bertz CT molecular complexity index is 1570. The molecule has 0 spiro atoms. The highest BCUT2D eigenvalue weighted by Crippen LogP contribution is 2.42. The Kier molecular flexibility index (Phi) is 11.2. The molecule has 238 valence electrons. The number of nitrogens with two attached hydrogens (primary N) is 1. The molecule has 2 heterocycles. The molecular weight excluding hydrogens is 609 g/mol. The van der Waals surface area contributed by atoms with Gasteiger partial charge >= 0.3 is 19.8 Å². The number of ether oxygens (including phenoxy) is 2. The van der Waals surface area contributed by atoms with Crippen LogP contribution in [0.25, 0.3) is 10.4 Å². The number of hydrogen-bond acceptors (Lipinski definition) is 12. The minimum Gasteiger partial charge on any atom is -0.459 e. The SMILES string of the molecule is CC(C)CC(C(=O)OCc1ccccc1)N(Oc1ccccc1)[P+](=O)OC[C@@]1(N=[N+]=[N-])O[C@@H](n2ccc(N)nc2=O)[C@H](O)[C@@H]1O. The number of hydroxylamine groups is 1. The van der Waals surface area contributed by atoms with Crippen LogP contribution >= 0.6 is 8.18 Å². The topological polar surface area (TPSA) is 224 Å². The number of aliphatic hydroxyl groups excluding tert-OH is 2. The number of rotatable bonds is 14. The average molecular weight is 643 g/mol. The first kappa shape index (κ1) is 33.5. The molecule has 45 heavy (non-hydrogen) atoms. The molecule has 16 nitrogen and oxygen atoms in total. The van der Waals surface area contributed by atoms with E-state index in [0.29, 0.717) is 0 Å². The van der Waals surface area contributed by atoms with Gasteiger partial charge in [0.25, 0.3) is 0 Å². The van der Waals surface area contributed by atoms with Crippen LogP contribution in [-0.4, -0.2) is 61.1 Å². The number of nitrogens with zero attached hydrogens (tertiary/aromatic N) is 6. The van der Waals surface area contributed by atoms with Crippen LogP contribution in [-0.2, 0) is 30.0 Å². The van der Waals surface area contributed by atoms with E-state index < -0.39 is 56.6 Å². The molecule has 1 aliphatic heterocycles. The fourth-order valence-electron chi connectivity index (χ4n) is 4.47. The number of nitrogen functional groups attached to an aromatic ring is 1. The molecule has 1 aromatic heterocycles. The molecule has 2 unspecified atom stereocenters. The fourth-order valence-corrected chi connectivity index (χ4v) is 5.46. The Morgan fingerprint density at radius 1 is 1.20 bits per heavy atom. The van der Waals surface area contributed by atoms with Gasteiger partial charge in [-0.1, -0.05) is 67.5 Å². The highest BCUT2D eigenvalue weighted by molar-refractivity contribution is 7.36. The lowest BCUT2D eigenvalue weighted by atomic mass is 10.0. The molecule has 17 heteroatoms. The highest BCUT2D eigenvalue weighted by Gasteiger charge is 2.58. The molecule has 4 N–H and O–H groups in total. The molecule has 0 amide bonds. The number of aliphatic hydroxyl groups is 2. The van der Waals surface area contributed by atoms with Gasteiger partial charge in [-0.3, -0.25) is 9.36 Å². The second kappa shape index (κ2) is 15.1. The van der Waals surface area contributed by atoms with Gasteiger partial charge in [-0.2, -0.15) is 4.98 Å². The molecule has 3 aromatic rings. The Labute approximate surface area is 258 Å². The largest absolute Gasteiger partial charge is 0.653 e. The standard InChI is InChI=1S/C28H32N7O9P/c1-18(2)15-21(26(38)41-16-19-9-5-3-6-10-19)35(44-20-11-7-4-8-12-20)45(40)42-17-28(32-33-30)24(37)23(36)25(43-28)34-14-13-22(29)31-27(34)39/h3-14,18,21,23-25,36-37H,15-17H2,1-2H3,(H-,29,31,39)/p+1/t21?,23-,24+,25-,28-/m1/s1. The third kappa shape index (κ3) is 8.21.